The van der Waals surface area contributed by atoms with Crippen LogP contribution in [0.25, 0.3) is 0 Å². The van der Waals surface area contributed by atoms with Crippen LogP contribution in [-0.2, 0) is 10.2 Å². The molecule has 7 heteroatoms. The summed E-state index contributed by atoms with van der Waals surface area (Å²) < 4.78 is 28.1. The highest BCUT2D eigenvalue weighted by atomic mass is 35.5. The maximum Gasteiger partial charge on any atom is 0.282 e. The van der Waals surface area contributed by atoms with E-state index in [-0.39, 0.29) is 18.4 Å². The number of hydrogen-bond donors (Lipinski definition) is 1. The lowest BCUT2D eigenvalue weighted by molar-refractivity contribution is 0.285. The fourth-order valence-corrected chi connectivity index (χ4v) is 4.41. The molecule has 1 atom stereocenters. The monoisotopic (exact) mass is 297 g/mol. The van der Waals surface area contributed by atoms with Gasteiger partial charge < -0.3 is 5.73 Å². The van der Waals surface area contributed by atoms with Crippen LogP contribution in [0.5, 0.6) is 0 Å². The predicted octanol–water partition coefficient (Wildman–Crippen LogP) is 0.952. The van der Waals surface area contributed by atoms with Crippen molar-refractivity contribution in [2.45, 2.75) is 44.6 Å². The molecule has 2 aliphatic heterocycles. The Morgan fingerprint density at radius 1 is 0.889 bits per heavy atom. The molecule has 2 saturated heterocycles. The topological polar surface area (TPSA) is 66.6 Å². The van der Waals surface area contributed by atoms with Crippen LogP contribution in [0, 0.1) is 0 Å². The van der Waals surface area contributed by atoms with E-state index in [1.807, 2.05) is 0 Å². The predicted molar refractivity (Wildman–Crippen MR) is 75.0 cm³/mol. The van der Waals surface area contributed by atoms with E-state index in [0.29, 0.717) is 26.2 Å². The third kappa shape index (κ3) is 3.81. The molecule has 0 aromatic heterocycles. The van der Waals surface area contributed by atoms with Crippen molar-refractivity contribution in [2.24, 2.45) is 5.73 Å². The van der Waals surface area contributed by atoms with Gasteiger partial charge in [0.25, 0.3) is 10.2 Å². The number of nitrogens with zero attached hydrogens (tertiary/aromatic N) is 2. The standard InChI is InChI=1S/C11H23N3O2S.ClH/c12-11-6-5-9-14(10-11)17(15,16)13-7-3-1-2-4-8-13;/h11H,1-10,12H2;1H/t11-;/m1./s1. The lowest BCUT2D eigenvalue weighted by Crippen LogP contribution is -2.51. The minimum atomic E-state index is -3.25. The Labute approximate surface area is 116 Å². The van der Waals surface area contributed by atoms with Crippen molar-refractivity contribution in [2.75, 3.05) is 26.2 Å². The molecule has 2 fully saturated rings. The number of rotatable bonds is 2. The van der Waals surface area contributed by atoms with Crippen LogP contribution in [0.15, 0.2) is 0 Å². The molecule has 2 N–H and O–H groups in total. The second-order valence-electron chi connectivity index (χ2n) is 5.08. The summed E-state index contributed by atoms with van der Waals surface area (Å²) in [5.74, 6) is 0. The van der Waals surface area contributed by atoms with Crippen LogP contribution in [0.1, 0.15) is 38.5 Å². The van der Waals surface area contributed by atoms with Gasteiger partial charge in [-0.05, 0) is 25.7 Å². The first-order valence-corrected chi connectivity index (χ1v) is 8.01. The minimum absolute atomic E-state index is 0. The first-order chi connectivity index (χ1) is 8.10. The molecule has 5 nitrogen and oxygen atoms in total. The van der Waals surface area contributed by atoms with E-state index in [0.717, 1.165) is 38.5 Å². The summed E-state index contributed by atoms with van der Waals surface area (Å²) in [5.41, 5.74) is 5.86. The molecule has 0 aromatic carbocycles. The molecule has 2 heterocycles. The van der Waals surface area contributed by atoms with Crippen LogP contribution in [-0.4, -0.2) is 49.2 Å². The highest BCUT2D eigenvalue weighted by Crippen LogP contribution is 2.19. The Morgan fingerprint density at radius 2 is 1.44 bits per heavy atom. The first-order valence-electron chi connectivity index (χ1n) is 6.61. The van der Waals surface area contributed by atoms with Crippen molar-refractivity contribution in [3.05, 3.63) is 0 Å². The van der Waals surface area contributed by atoms with Crippen molar-refractivity contribution in [1.29, 1.82) is 0 Å². The lowest BCUT2D eigenvalue weighted by atomic mass is 10.1. The van der Waals surface area contributed by atoms with Crippen molar-refractivity contribution in [3.8, 4) is 0 Å². The van der Waals surface area contributed by atoms with Crippen molar-refractivity contribution < 1.29 is 8.42 Å². The van der Waals surface area contributed by atoms with Gasteiger partial charge in [0.2, 0.25) is 0 Å². The van der Waals surface area contributed by atoms with Gasteiger partial charge >= 0.3 is 0 Å². The highest BCUT2D eigenvalue weighted by Gasteiger charge is 2.32. The molecule has 0 spiro atoms. The third-order valence-electron chi connectivity index (χ3n) is 3.64. The van der Waals surface area contributed by atoms with Gasteiger partial charge in [-0.15, -0.1) is 12.4 Å². The highest BCUT2D eigenvalue weighted by molar-refractivity contribution is 7.86. The summed E-state index contributed by atoms with van der Waals surface area (Å²) in [6.45, 7) is 2.47. The number of nitrogens with two attached hydrogens (primary N) is 1. The Morgan fingerprint density at radius 3 is 2.00 bits per heavy atom. The van der Waals surface area contributed by atoms with Gasteiger partial charge in [0, 0.05) is 32.2 Å². The molecule has 0 radical (unpaired) electrons. The molecule has 0 bridgehead atoms. The SMILES string of the molecule is Cl.N[C@@H]1CCCN(S(=O)(=O)N2CCCCCC2)C1. The van der Waals surface area contributed by atoms with Gasteiger partial charge in [0.1, 0.15) is 0 Å². The normalized spacial score (nSPS) is 28.4. The van der Waals surface area contributed by atoms with Crippen LogP contribution < -0.4 is 5.73 Å². The molecule has 0 aromatic rings. The molecule has 18 heavy (non-hydrogen) atoms. The van der Waals surface area contributed by atoms with Gasteiger partial charge in [0.15, 0.2) is 0 Å². The maximum absolute atomic E-state index is 12.4. The van der Waals surface area contributed by atoms with E-state index in [4.69, 9.17) is 5.73 Å². The smallest absolute Gasteiger partial charge is 0.282 e. The Balaban J connectivity index is 0.00000162. The number of piperidine rings is 1. The van der Waals surface area contributed by atoms with Crippen molar-refractivity contribution >= 4 is 22.6 Å². The van der Waals surface area contributed by atoms with E-state index in [1.54, 1.807) is 8.61 Å². The summed E-state index contributed by atoms with van der Waals surface area (Å²) >= 11 is 0. The Bertz CT molecular complexity index is 334. The van der Waals surface area contributed by atoms with Gasteiger partial charge in [-0.25, -0.2) is 0 Å². The average Bonchev–Trinajstić information content (AvgIpc) is 2.58. The summed E-state index contributed by atoms with van der Waals surface area (Å²) in [4.78, 5) is 0. The molecular weight excluding hydrogens is 274 g/mol. The summed E-state index contributed by atoms with van der Waals surface area (Å²) in [7, 11) is -3.25. The van der Waals surface area contributed by atoms with Gasteiger partial charge in [0.05, 0.1) is 0 Å². The molecule has 2 aliphatic rings. The second-order valence-corrected chi connectivity index (χ2v) is 7.01. The lowest BCUT2D eigenvalue weighted by Gasteiger charge is -2.33. The molecule has 2 rings (SSSR count). The Kier molecular flexibility index (Phi) is 6.34. The van der Waals surface area contributed by atoms with Crippen molar-refractivity contribution in [3.63, 3.8) is 0 Å². The Hall–Kier alpha value is 0.120. The zero-order chi connectivity index (χ0) is 12.3. The van der Waals surface area contributed by atoms with Crippen molar-refractivity contribution in [1.82, 2.24) is 8.61 Å². The number of hydrogen-bond acceptors (Lipinski definition) is 3. The average molecular weight is 298 g/mol. The minimum Gasteiger partial charge on any atom is -0.327 e. The zero-order valence-electron chi connectivity index (χ0n) is 10.8. The van der Waals surface area contributed by atoms with Crippen LogP contribution in [0.4, 0.5) is 0 Å². The van der Waals surface area contributed by atoms with Crippen LogP contribution in [0.3, 0.4) is 0 Å². The third-order valence-corrected chi connectivity index (χ3v) is 5.64. The van der Waals surface area contributed by atoms with E-state index >= 15 is 0 Å². The fourth-order valence-electron chi connectivity index (χ4n) is 2.62. The first kappa shape index (κ1) is 16.2. The summed E-state index contributed by atoms with van der Waals surface area (Å²) in [5, 5.41) is 0. The zero-order valence-corrected chi connectivity index (χ0v) is 12.4. The quantitative estimate of drug-likeness (QED) is 0.825. The second kappa shape index (κ2) is 7.05. The molecular formula is C11H24ClN3O2S. The van der Waals surface area contributed by atoms with Gasteiger partial charge in [-0.2, -0.15) is 17.0 Å². The fraction of sp³-hybridized carbons (Fsp3) is 1.00. The van der Waals surface area contributed by atoms with Crippen LogP contribution >= 0.6 is 12.4 Å². The molecule has 0 aliphatic carbocycles. The largest absolute Gasteiger partial charge is 0.327 e. The van der Waals surface area contributed by atoms with Gasteiger partial charge in [-0.1, -0.05) is 12.8 Å². The van der Waals surface area contributed by atoms with E-state index in [2.05, 4.69) is 0 Å². The maximum atomic E-state index is 12.4. The summed E-state index contributed by atoms with van der Waals surface area (Å²) in [6, 6.07) is 0.00510. The van der Waals surface area contributed by atoms with E-state index in [1.165, 1.54) is 0 Å². The summed E-state index contributed by atoms with van der Waals surface area (Å²) in [6.07, 6.45) is 6.08. The number of halogens is 1. The van der Waals surface area contributed by atoms with Gasteiger partial charge in [-0.3, -0.25) is 0 Å². The van der Waals surface area contributed by atoms with Crippen LogP contribution in [0.2, 0.25) is 0 Å². The molecule has 0 saturated carbocycles. The molecule has 0 amide bonds. The van der Waals surface area contributed by atoms with E-state index in [9.17, 15) is 8.42 Å². The molecule has 108 valence electrons. The van der Waals surface area contributed by atoms with E-state index < -0.39 is 10.2 Å². The molecule has 0 unspecified atom stereocenters.